The van der Waals surface area contributed by atoms with E-state index in [1.54, 1.807) is 0 Å². The summed E-state index contributed by atoms with van der Waals surface area (Å²) in [6.45, 7) is 6.57. The summed E-state index contributed by atoms with van der Waals surface area (Å²) in [7, 11) is 0. The summed E-state index contributed by atoms with van der Waals surface area (Å²) < 4.78 is 11.0. The number of amides is 1. The van der Waals surface area contributed by atoms with Gasteiger partial charge in [0.15, 0.2) is 0 Å². The Bertz CT molecular complexity index is 772. The van der Waals surface area contributed by atoms with Gasteiger partial charge >= 0.3 is 6.01 Å². The molecule has 138 valence electrons. The Hall–Kier alpha value is -2.41. The number of carbonyl (C=O) groups is 1. The fraction of sp³-hybridized carbons (Fsp3) is 0.526. The van der Waals surface area contributed by atoms with Crippen molar-refractivity contribution in [2.75, 3.05) is 31.2 Å². The number of ether oxygens (including phenoxy) is 1. The maximum absolute atomic E-state index is 12.3. The molecule has 2 aliphatic heterocycles. The molecule has 0 aliphatic carbocycles. The van der Waals surface area contributed by atoms with E-state index in [0.717, 1.165) is 18.5 Å². The van der Waals surface area contributed by atoms with E-state index in [-0.39, 0.29) is 11.3 Å². The van der Waals surface area contributed by atoms with E-state index in [2.05, 4.69) is 27.3 Å². The molecule has 1 N–H and O–H groups in total. The maximum atomic E-state index is 12.3. The number of anilines is 1. The van der Waals surface area contributed by atoms with Gasteiger partial charge in [0, 0.05) is 24.7 Å². The fourth-order valence-corrected chi connectivity index (χ4v) is 3.58. The van der Waals surface area contributed by atoms with E-state index < -0.39 is 0 Å². The van der Waals surface area contributed by atoms with Gasteiger partial charge < -0.3 is 19.4 Å². The topological polar surface area (TPSA) is 80.5 Å². The molecule has 0 spiro atoms. The van der Waals surface area contributed by atoms with Crippen molar-refractivity contribution in [1.29, 1.82) is 0 Å². The first-order valence-corrected chi connectivity index (χ1v) is 9.07. The van der Waals surface area contributed by atoms with Gasteiger partial charge in [-0.05, 0) is 38.3 Å². The van der Waals surface area contributed by atoms with Crippen molar-refractivity contribution in [3.05, 3.63) is 30.3 Å². The monoisotopic (exact) mass is 356 g/mol. The normalized spacial score (nSPS) is 24.3. The van der Waals surface area contributed by atoms with Crippen LogP contribution in [-0.2, 0) is 9.53 Å². The van der Waals surface area contributed by atoms with Crippen LogP contribution in [0.3, 0.4) is 0 Å². The largest absolute Gasteiger partial charge is 0.403 e. The number of nitrogens with one attached hydrogen (secondary N) is 1. The van der Waals surface area contributed by atoms with Gasteiger partial charge in [0.1, 0.15) is 0 Å². The van der Waals surface area contributed by atoms with Gasteiger partial charge in [0.25, 0.3) is 0 Å². The molecule has 2 atom stereocenters. The molecule has 0 bridgehead atoms. The van der Waals surface area contributed by atoms with Crippen LogP contribution in [0.15, 0.2) is 34.7 Å². The molecule has 2 fully saturated rings. The molecule has 3 heterocycles. The predicted molar refractivity (Wildman–Crippen MR) is 96.6 cm³/mol. The maximum Gasteiger partial charge on any atom is 0.318 e. The number of carbonyl (C=O) groups excluding carboxylic acids is 1. The van der Waals surface area contributed by atoms with E-state index in [9.17, 15) is 4.79 Å². The first-order valence-electron chi connectivity index (χ1n) is 9.07. The third-order valence-electron chi connectivity index (χ3n) is 5.28. The Morgan fingerprint density at radius 3 is 2.77 bits per heavy atom. The summed E-state index contributed by atoms with van der Waals surface area (Å²) in [6.07, 6.45) is 0.983. The number of benzene rings is 1. The van der Waals surface area contributed by atoms with Crippen molar-refractivity contribution in [2.24, 2.45) is 11.3 Å². The van der Waals surface area contributed by atoms with Crippen molar-refractivity contribution in [2.45, 2.75) is 26.3 Å². The minimum absolute atomic E-state index is 0.0824. The molecule has 1 amide bonds. The van der Waals surface area contributed by atoms with Crippen molar-refractivity contribution < 1.29 is 13.9 Å². The van der Waals surface area contributed by atoms with Crippen LogP contribution in [0.2, 0.25) is 0 Å². The van der Waals surface area contributed by atoms with Gasteiger partial charge in [-0.2, -0.15) is 0 Å². The molecule has 2 saturated heterocycles. The van der Waals surface area contributed by atoms with Crippen molar-refractivity contribution in [3.8, 4) is 11.5 Å². The Morgan fingerprint density at radius 2 is 2.08 bits per heavy atom. The molecule has 7 nitrogen and oxygen atoms in total. The summed E-state index contributed by atoms with van der Waals surface area (Å²) in [6, 6.07) is 10.6. The third kappa shape index (κ3) is 3.19. The molecule has 2 unspecified atom stereocenters. The molecular weight excluding hydrogens is 332 g/mol. The number of aromatic nitrogens is 2. The van der Waals surface area contributed by atoms with Crippen molar-refractivity contribution >= 4 is 11.9 Å². The van der Waals surface area contributed by atoms with Crippen LogP contribution in [0.1, 0.15) is 20.3 Å². The van der Waals surface area contributed by atoms with Crippen LogP contribution in [0.25, 0.3) is 11.5 Å². The van der Waals surface area contributed by atoms with Crippen LogP contribution < -0.4 is 10.2 Å². The van der Waals surface area contributed by atoms with E-state index in [4.69, 9.17) is 9.15 Å². The molecule has 26 heavy (non-hydrogen) atoms. The molecule has 1 aromatic carbocycles. The van der Waals surface area contributed by atoms with Crippen LogP contribution >= 0.6 is 0 Å². The van der Waals surface area contributed by atoms with E-state index in [0.29, 0.717) is 43.6 Å². The smallest absolute Gasteiger partial charge is 0.318 e. The van der Waals surface area contributed by atoms with Crippen LogP contribution in [0, 0.1) is 11.3 Å². The minimum atomic E-state index is -0.360. The quantitative estimate of drug-likeness (QED) is 0.884. The van der Waals surface area contributed by atoms with Crippen LogP contribution in [-0.4, -0.2) is 48.4 Å². The van der Waals surface area contributed by atoms with Gasteiger partial charge in [-0.15, -0.1) is 5.10 Å². The standard InChI is InChI=1S/C19H24N4O3/c1-13-8-14(9-20-17(24)19(2)11-25-12-19)10-23(13)18-22-21-16(26-18)15-6-4-3-5-7-15/h3-7,13-14H,8-12H2,1-2H3,(H,20,24). The van der Waals surface area contributed by atoms with E-state index >= 15 is 0 Å². The zero-order valence-electron chi connectivity index (χ0n) is 15.1. The number of hydrogen-bond acceptors (Lipinski definition) is 6. The minimum Gasteiger partial charge on any atom is -0.403 e. The Morgan fingerprint density at radius 1 is 1.31 bits per heavy atom. The molecule has 0 radical (unpaired) electrons. The third-order valence-corrected chi connectivity index (χ3v) is 5.28. The lowest BCUT2D eigenvalue weighted by Crippen LogP contribution is -2.52. The van der Waals surface area contributed by atoms with Crippen molar-refractivity contribution in [3.63, 3.8) is 0 Å². The number of nitrogens with zero attached hydrogens (tertiary/aromatic N) is 3. The average Bonchev–Trinajstić information content (AvgIpc) is 3.25. The zero-order chi connectivity index (χ0) is 18.1. The first-order chi connectivity index (χ1) is 12.5. The highest BCUT2D eigenvalue weighted by Gasteiger charge is 2.41. The summed E-state index contributed by atoms with van der Waals surface area (Å²) >= 11 is 0. The zero-order valence-corrected chi connectivity index (χ0v) is 15.1. The molecule has 2 aromatic rings. The lowest BCUT2D eigenvalue weighted by molar-refractivity contribution is -0.157. The SMILES string of the molecule is CC1CC(CNC(=O)C2(C)COC2)CN1c1nnc(-c2ccccc2)o1. The second-order valence-electron chi connectivity index (χ2n) is 7.62. The average molecular weight is 356 g/mol. The summed E-state index contributed by atoms with van der Waals surface area (Å²) in [5.41, 5.74) is 0.555. The predicted octanol–water partition coefficient (Wildman–Crippen LogP) is 2.10. The first kappa shape index (κ1) is 17.0. The lowest BCUT2D eigenvalue weighted by atomic mass is 9.87. The Balaban J connectivity index is 1.37. The molecular formula is C19H24N4O3. The number of hydrogen-bond donors (Lipinski definition) is 1. The highest BCUT2D eigenvalue weighted by Crippen LogP contribution is 2.31. The van der Waals surface area contributed by atoms with Crippen LogP contribution in [0.5, 0.6) is 0 Å². The second-order valence-corrected chi connectivity index (χ2v) is 7.62. The second kappa shape index (κ2) is 6.72. The van der Waals surface area contributed by atoms with Gasteiger partial charge in [-0.25, -0.2) is 0 Å². The van der Waals surface area contributed by atoms with Gasteiger partial charge in [0.05, 0.1) is 18.6 Å². The highest BCUT2D eigenvalue weighted by atomic mass is 16.5. The summed E-state index contributed by atoms with van der Waals surface area (Å²) in [5, 5.41) is 11.5. The molecule has 1 aromatic heterocycles. The summed E-state index contributed by atoms with van der Waals surface area (Å²) in [4.78, 5) is 14.4. The Labute approximate surface area is 152 Å². The fourth-order valence-electron chi connectivity index (χ4n) is 3.58. The Kier molecular flexibility index (Phi) is 4.40. The van der Waals surface area contributed by atoms with Gasteiger partial charge in [0.2, 0.25) is 11.8 Å². The lowest BCUT2D eigenvalue weighted by Gasteiger charge is -2.36. The number of rotatable bonds is 5. The summed E-state index contributed by atoms with van der Waals surface area (Å²) in [5.74, 6) is 0.979. The van der Waals surface area contributed by atoms with E-state index in [1.165, 1.54) is 0 Å². The molecule has 0 saturated carbocycles. The molecule has 7 heteroatoms. The highest BCUT2D eigenvalue weighted by molar-refractivity contribution is 5.83. The molecule has 4 rings (SSSR count). The van der Waals surface area contributed by atoms with Gasteiger partial charge in [-0.1, -0.05) is 23.3 Å². The van der Waals surface area contributed by atoms with Crippen LogP contribution in [0.4, 0.5) is 6.01 Å². The molecule has 2 aliphatic rings. The van der Waals surface area contributed by atoms with Crippen molar-refractivity contribution in [1.82, 2.24) is 15.5 Å². The van der Waals surface area contributed by atoms with E-state index in [1.807, 2.05) is 37.3 Å². The van der Waals surface area contributed by atoms with Gasteiger partial charge in [-0.3, -0.25) is 4.79 Å².